The molecule has 1 fully saturated rings. The highest BCUT2D eigenvalue weighted by Gasteiger charge is 2.34. The van der Waals surface area contributed by atoms with Gasteiger partial charge in [-0.3, -0.25) is 0 Å². The van der Waals surface area contributed by atoms with Crippen LogP contribution in [0.3, 0.4) is 0 Å². The van der Waals surface area contributed by atoms with Gasteiger partial charge in [0, 0.05) is 36.5 Å². The van der Waals surface area contributed by atoms with Crippen LogP contribution in [0.25, 0.3) is 22.8 Å². The molecule has 192 valence electrons. The topological polar surface area (TPSA) is 87.8 Å². The predicted molar refractivity (Wildman–Crippen MR) is 129 cm³/mol. The van der Waals surface area contributed by atoms with Crippen molar-refractivity contribution in [3.05, 3.63) is 65.5 Å². The number of alkyl halides is 3. The van der Waals surface area contributed by atoms with Gasteiger partial charge in [0.1, 0.15) is 24.3 Å². The van der Waals surface area contributed by atoms with Gasteiger partial charge in [0.25, 0.3) is 0 Å². The van der Waals surface area contributed by atoms with E-state index in [0.717, 1.165) is 35.9 Å². The molecule has 0 radical (unpaired) electrons. The third kappa shape index (κ3) is 5.25. The fourth-order valence-electron chi connectivity index (χ4n) is 3.97. The van der Waals surface area contributed by atoms with Crippen LogP contribution in [0, 0.1) is 6.92 Å². The highest BCUT2D eigenvalue weighted by molar-refractivity contribution is 5.66. The van der Waals surface area contributed by atoms with Crippen LogP contribution in [-0.4, -0.2) is 36.1 Å². The summed E-state index contributed by atoms with van der Waals surface area (Å²) in [5, 5.41) is 0. The SMILES string of the molecule is CCOc1ncnc(C2CC2)c1-c1ncc(C)c(OCc2ccc(-c3nc(C(F)(F)F)cn3C)cc2)n1. The molecule has 1 aliphatic rings. The Balaban J connectivity index is 1.36. The number of aryl methyl sites for hydroxylation is 2. The van der Waals surface area contributed by atoms with E-state index >= 15 is 0 Å². The lowest BCUT2D eigenvalue weighted by atomic mass is 10.1. The van der Waals surface area contributed by atoms with Crippen molar-refractivity contribution in [3.8, 4) is 34.5 Å². The monoisotopic (exact) mass is 510 g/mol. The zero-order chi connectivity index (χ0) is 26.2. The molecule has 1 aromatic carbocycles. The Morgan fingerprint density at radius 1 is 1.00 bits per heavy atom. The lowest BCUT2D eigenvalue weighted by Crippen LogP contribution is -2.06. The molecule has 0 unspecified atom stereocenters. The van der Waals surface area contributed by atoms with E-state index in [-0.39, 0.29) is 12.4 Å². The van der Waals surface area contributed by atoms with Crippen molar-refractivity contribution >= 4 is 0 Å². The van der Waals surface area contributed by atoms with E-state index in [1.165, 1.54) is 17.9 Å². The lowest BCUT2D eigenvalue weighted by Gasteiger charge is -2.14. The molecule has 37 heavy (non-hydrogen) atoms. The average molecular weight is 511 g/mol. The Morgan fingerprint density at radius 3 is 2.41 bits per heavy atom. The molecular weight excluding hydrogens is 485 g/mol. The fourth-order valence-corrected chi connectivity index (χ4v) is 3.97. The van der Waals surface area contributed by atoms with Crippen molar-refractivity contribution in [1.29, 1.82) is 0 Å². The zero-order valence-corrected chi connectivity index (χ0v) is 20.6. The molecule has 8 nitrogen and oxygen atoms in total. The molecule has 3 heterocycles. The first-order chi connectivity index (χ1) is 17.7. The second-order valence-corrected chi connectivity index (χ2v) is 8.87. The largest absolute Gasteiger partial charge is 0.477 e. The number of halogens is 3. The van der Waals surface area contributed by atoms with Crippen molar-refractivity contribution in [2.45, 2.75) is 45.4 Å². The number of rotatable bonds is 8. The van der Waals surface area contributed by atoms with E-state index < -0.39 is 11.9 Å². The minimum atomic E-state index is -4.49. The van der Waals surface area contributed by atoms with E-state index in [4.69, 9.17) is 9.47 Å². The molecule has 11 heteroatoms. The third-order valence-corrected chi connectivity index (χ3v) is 5.99. The van der Waals surface area contributed by atoms with Crippen molar-refractivity contribution in [2.24, 2.45) is 7.05 Å². The summed E-state index contributed by atoms with van der Waals surface area (Å²) >= 11 is 0. The van der Waals surface area contributed by atoms with E-state index in [1.807, 2.05) is 13.8 Å². The second-order valence-electron chi connectivity index (χ2n) is 8.87. The maximum absolute atomic E-state index is 13.0. The van der Waals surface area contributed by atoms with Crippen LogP contribution in [0.4, 0.5) is 13.2 Å². The zero-order valence-electron chi connectivity index (χ0n) is 20.6. The summed E-state index contributed by atoms with van der Waals surface area (Å²) in [4.78, 5) is 21.7. The molecule has 0 aliphatic heterocycles. The Morgan fingerprint density at radius 2 is 1.76 bits per heavy atom. The molecule has 3 aromatic heterocycles. The Labute approximate surface area is 211 Å². The van der Waals surface area contributed by atoms with Crippen molar-refractivity contribution in [1.82, 2.24) is 29.5 Å². The molecule has 1 saturated carbocycles. The summed E-state index contributed by atoms with van der Waals surface area (Å²) in [5.74, 6) is 1.89. The number of nitrogens with zero attached hydrogens (tertiary/aromatic N) is 6. The smallest absolute Gasteiger partial charge is 0.434 e. The van der Waals surface area contributed by atoms with Crippen LogP contribution >= 0.6 is 0 Å². The molecule has 0 N–H and O–H groups in total. The van der Waals surface area contributed by atoms with Gasteiger partial charge in [0.15, 0.2) is 11.5 Å². The molecule has 0 bridgehead atoms. The van der Waals surface area contributed by atoms with Gasteiger partial charge in [0.2, 0.25) is 11.8 Å². The number of hydrogen-bond donors (Lipinski definition) is 0. The van der Waals surface area contributed by atoms with Gasteiger partial charge in [-0.2, -0.15) is 18.2 Å². The van der Waals surface area contributed by atoms with Crippen molar-refractivity contribution in [2.75, 3.05) is 6.61 Å². The molecule has 0 spiro atoms. The first kappa shape index (κ1) is 24.7. The number of imidazole rings is 1. The number of benzene rings is 1. The summed E-state index contributed by atoms with van der Waals surface area (Å²) in [6.45, 7) is 4.41. The van der Waals surface area contributed by atoms with Gasteiger partial charge in [0.05, 0.1) is 12.3 Å². The summed E-state index contributed by atoms with van der Waals surface area (Å²) < 4.78 is 52.1. The van der Waals surface area contributed by atoms with Crippen molar-refractivity contribution in [3.63, 3.8) is 0 Å². The summed E-state index contributed by atoms with van der Waals surface area (Å²) in [5.41, 5.74) is 2.80. The maximum Gasteiger partial charge on any atom is 0.434 e. The highest BCUT2D eigenvalue weighted by atomic mass is 19.4. The number of aromatic nitrogens is 6. The van der Waals surface area contributed by atoms with Gasteiger partial charge in [-0.25, -0.2) is 19.9 Å². The first-order valence-electron chi connectivity index (χ1n) is 11.9. The van der Waals surface area contributed by atoms with Crippen molar-refractivity contribution < 1.29 is 22.6 Å². The van der Waals surface area contributed by atoms with Crippen LogP contribution in [0.5, 0.6) is 11.8 Å². The molecular formula is C26H25F3N6O2. The number of hydrogen-bond acceptors (Lipinski definition) is 7. The maximum atomic E-state index is 13.0. The summed E-state index contributed by atoms with van der Waals surface area (Å²) in [7, 11) is 1.54. The van der Waals surface area contributed by atoms with Gasteiger partial charge in [-0.1, -0.05) is 24.3 Å². The fraction of sp³-hybridized carbons (Fsp3) is 0.346. The van der Waals surface area contributed by atoms with Crippen LogP contribution in [0.1, 0.15) is 48.2 Å². The summed E-state index contributed by atoms with van der Waals surface area (Å²) in [6.07, 6.45) is 1.79. The Kier molecular flexibility index (Phi) is 6.53. The van der Waals surface area contributed by atoms with Gasteiger partial charge < -0.3 is 14.0 Å². The van der Waals surface area contributed by atoms with Gasteiger partial charge in [-0.15, -0.1) is 0 Å². The van der Waals surface area contributed by atoms with Crippen LogP contribution in [0.15, 0.2) is 43.0 Å². The Bertz CT molecular complexity index is 1420. The molecule has 0 saturated heterocycles. The van der Waals surface area contributed by atoms with E-state index in [9.17, 15) is 13.2 Å². The third-order valence-electron chi connectivity index (χ3n) is 5.99. The van der Waals surface area contributed by atoms with E-state index in [2.05, 4.69) is 24.9 Å². The van der Waals surface area contributed by atoms with E-state index in [1.54, 1.807) is 30.5 Å². The second kappa shape index (κ2) is 9.79. The molecule has 5 rings (SSSR count). The van der Waals surface area contributed by atoms with Crippen LogP contribution in [-0.2, 0) is 19.8 Å². The highest BCUT2D eigenvalue weighted by Crippen LogP contribution is 2.45. The molecule has 0 amide bonds. The predicted octanol–water partition coefficient (Wildman–Crippen LogP) is 5.52. The molecule has 4 aromatic rings. The Hall–Kier alpha value is -4.02. The van der Waals surface area contributed by atoms with Crippen LogP contribution in [0.2, 0.25) is 0 Å². The van der Waals surface area contributed by atoms with Gasteiger partial charge in [-0.05, 0) is 32.3 Å². The standard InChI is InChI=1S/C26H25F3N6O2/c1-4-36-25-20(21(17-9-10-17)31-14-32-25)22-30-11-15(2)24(34-22)37-13-16-5-7-18(8-6-16)23-33-19(12-35(23)3)26(27,28)29/h5-8,11-12,14,17H,4,9-10,13H2,1-3H3. The average Bonchev–Trinajstić information content (AvgIpc) is 3.64. The number of ether oxygens (including phenoxy) is 2. The quantitative estimate of drug-likeness (QED) is 0.309. The normalized spacial score (nSPS) is 13.6. The first-order valence-corrected chi connectivity index (χ1v) is 11.9. The van der Waals surface area contributed by atoms with Gasteiger partial charge >= 0.3 is 6.18 Å². The lowest BCUT2D eigenvalue weighted by molar-refractivity contribution is -0.140. The minimum Gasteiger partial charge on any atom is -0.477 e. The molecule has 1 aliphatic carbocycles. The molecule has 0 atom stereocenters. The van der Waals surface area contributed by atoms with E-state index in [0.29, 0.717) is 41.2 Å². The summed E-state index contributed by atoms with van der Waals surface area (Å²) in [6, 6.07) is 7.02. The minimum absolute atomic E-state index is 0.213. The van der Waals surface area contributed by atoms with Crippen LogP contribution < -0.4 is 9.47 Å².